The van der Waals surface area contributed by atoms with Gasteiger partial charge in [0.05, 0.1) is 6.54 Å². The van der Waals surface area contributed by atoms with E-state index in [2.05, 4.69) is 15.6 Å². The van der Waals surface area contributed by atoms with Gasteiger partial charge in [-0.05, 0) is 25.0 Å². The van der Waals surface area contributed by atoms with E-state index in [1.165, 1.54) is 17.2 Å². The van der Waals surface area contributed by atoms with Crippen LogP contribution in [-0.4, -0.2) is 66.4 Å². The highest BCUT2D eigenvalue weighted by Gasteiger charge is 2.18. The molecule has 0 saturated carbocycles. The first-order valence-corrected chi connectivity index (χ1v) is 7.47. The summed E-state index contributed by atoms with van der Waals surface area (Å²) in [7, 11) is 3.30. The summed E-state index contributed by atoms with van der Waals surface area (Å²) in [6, 6.07) is 2.84. The van der Waals surface area contributed by atoms with Crippen molar-refractivity contribution in [2.45, 2.75) is 12.8 Å². The number of nitrogens with one attached hydrogen (secondary N) is 2. The molecule has 2 rings (SSSR count). The van der Waals surface area contributed by atoms with Crippen molar-refractivity contribution in [3.8, 4) is 0 Å². The minimum absolute atomic E-state index is 0.136. The van der Waals surface area contributed by atoms with Crippen molar-refractivity contribution in [1.82, 2.24) is 20.1 Å². The number of hydrogen-bond donors (Lipinski definition) is 2. The van der Waals surface area contributed by atoms with Crippen molar-refractivity contribution < 1.29 is 14.4 Å². The molecule has 1 aliphatic heterocycles. The highest BCUT2D eigenvalue weighted by Crippen LogP contribution is 2.09. The van der Waals surface area contributed by atoms with Crippen molar-refractivity contribution >= 4 is 23.7 Å². The van der Waals surface area contributed by atoms with E-state index >= 15 is 0 Å². The number of pyridine rings is 1. The summed E-state index contributed by atoms with van der Waals surface area (Å²) in [5, 5.41) is 5.14. The van der Waals surface area contributed by atoms with E-state index in [-0.39, 0.29) is 30.2 Å². The molecule has 4 amide bonds. The lowest BCUT2D eigenvalue weighted by atomic mass is 10.2. The Hall–Kier alpha value is -2.64. The molecular formula is C15H21N5O3. The molecule has 0 aromatic carbocycles. The first kappa shape index (κ1) is 16.7. The van der Waals surface area contributed by atoms with Crippen LogP contribution in [0.4, 0.5) is 10.6 Å². The van der Waals surface area contributed by atoms with Crippen molar-refractivity contribution in [3.63, 3.8) is 0 Å². The largest absolute Gasteiger partial charge is 0.345 e. The predicted molar refractivity (Wildman–Crippen MR) is 85.1 cm³/mol. The molecular weight excluding hydrogens is 298 g/mol. The van der Waals surface area contributed by atoms with Gasteiger partial charge in [-0.2, -0.15) is 0 Å². The van der Waals surface area contributed by atoms with Crippen LogP contribution in [0.3, 0.4) is 0 Å². The van der Waals surface area contributed by atoms with Crippen molar-refractivity contribution in [3.05, 3.63) is 23.9 Å². The van der Waals surface area contributed by atoms with E-state index in [1.807, 2.05) is 0 Å². The van der Waals surface area contributed by atoms with E-state index in [9.17, 15) is 14.4 Å². The lowest BCUT2D eigenvalue weighted by Gasteiger charge is -2.16. The van der Waals surface area contributed by atoms with E-state index in [1.54, 1.807) is 25.1 Å². The van der Waals surface area contributed by atoms with Gasteiger partial charge in [0, 0.05) is 38.9 Å². The molecule has 1 saturated heterocycles. The van der Waals surface area contributed by atoms with Gasteiger partial charge in [-0.15, -0.1) is 0 Å². The van der Waals surface area contributed by atoms with Crippen LogP contribution in [0.2, 0.25) is 0 Å². The molecule has 0 radical (unpaired) electrons. The van der Waals surface area contributed by atoms with Gasteiger partial charge in [-0.1, -0.05) is 0 Å². The first-order valence-electron chi connectivity index (χ1n) is 7.47. The van der Waals surface area contributed by atoms with E-state index < -0.39 is 0 Å². The molecule has 0 spiro atoms. The van der Waals surface area contributed by atoms with Crippen LogP contribution in [0.1, 0.15) is 23.2 Å². The molecule has 8 nitrogen and oxygen atoms in total. The monoisotopic (exact) mass is 319 g/mol. The summed E-state index contributed by atoms with van der Waals surface area (Å²) < 4.78 is 0. The minimum Gasteiger partial charge on any atom is -0.345 e. The predicted octanol–water partition coefficient (Wildman–Crippen LogP) is 0.527. The second kappa shape index (κ2) is 7.57. The van der Waals surface area contributed by atoms with Crippen LogP contribution < -0.4 is 10.6 Å². The molecule has 0 atom stereocenters. The third-order valence-electron chi connectivity index (χ3n) is 3.47. The fourth-order valence-electron chi connectivity index (χ4n) is 2.27. The van der Waals surface area contributed by atoms with Crippen molar-refractivity contribution in [2.24, 2.45) is 0 Å². The van der Waals surface area contributed by atoms with Crippen LogP contribution in [0.25, 0.3) is 0 Å². The molecule has 1 aromatic heterocycles. The average molecular weight is 319 g/mol. The molecule has 23 heavy (non-hydrogen) atoms. The van der Waals surface area contributed by atoms with Crippen LogP contribution >= 0.6 is 0 Å². The molecule has 1 aliphatic rings. The number of carbonyl (C=O) groups excluding carboxylic acids is 3. The normalized spacial score (nSPS) is 13.6. The quantitative estimate of drug-likeness (QED) is 0.846. The Labute approximate surface area is 134 Å². The van der Waals surface area contributed by atoms with Gasteiger partial charge < -0.3 is 20.4 Å². The Balaban J connectivity index is 1.86. The van der Waals surface area contributed by atoms with E-state index in [0.29, 0.717) is 5.56 Å². The summed E-state index contributed by atoms with van der Waals surface area (Å²) in [5.41, 5.74) is 0.432. The highest BCUT2D eigenvalue weighted by atomic mass is 16.2. The molecule has 1 aromatic rings. The zero-order chi connectivity index (χ0) is 16.8. The standard InChI is InChI=1S/C15H21N5O3/c1-19(2)14(22)11-5-6-16-12(9-11)18-13(21)10-17-15(23)20-7-3-4-8-20/h5-6,9H,3-4,7-8,10H2,1-2H3,(H,17,23)(H,16,18,21). The maximum Gasteiger partial charge on any atom is 0.317 e. The van der Waals surface area contributed by atoms with Crippen LogP contribution in [0, 0.1) is 0 Å². The van der Waals surface area contributed by atoms with Gasteiger partial charge in [0.2, 0.25) is 5.91 Å². The van der Waals surface area contributed by atoms with Gasteiger partial charge in [0.1, 0.15) is 5.82 Å². The van der Waals surface area contributed by atoms with Crippen LogP contribution in [0.15, 0.2) is 18.3 Å². The lowest BCUT2D eigenvalue weighted by molar-refractivity contribution is -0.115. The zero-order valence-corrected chi connectivity index (χ0v) is 13.3. The first-order chi connectivity index (χ1) is 11.0. The van der Waals surface area contributed by atoms with Crippen molar-refractivity contribution in [1.29, 1.82) is 0 Å². The number of rotatable bonds is 4. The second-order valence-electron chi connectivity index (χ2n) is 5.53. The fraction of sp³-hybridized carbons (Fsp3) is 0.467. The van der Waals surface area contributed by atoms with Crippen LogP contribution in [0.5, 0.6) is 0 Å². The number of nitrogens with zero attached hydrogens (tertiary/aromatic N) is 3. The number of likely N-dealkylation sites (tertiary alicyclic amines) is 1. The molecule has 2 heterocycles. The molecule has 0 aliphatic carbocycles. The minimum atomic E-state index is -0.389. The summed E-state index contributed by atoms with van der Waals surface area (Å²) in [5.74, 6) is -0.289. The lowest BCUT2D eigenvalue weighted by Crippen LogP contribution is -2.41. The molecule has 1 fully saturated rings. The van der Waals surface area contributed by atoms with E-state index in [4.69, 9.17) is 0 Å². The number of amides is 4. The Kier molecular flexibility index (Phi) is 5.51. The Morgan fingerprint density at radius 1 is 1.26 bits per heavy atom. The Bertz CT molecular complexity index is 597. The summed E-state index contributed by atoms with van der Waals surface area (Å²) >= 11 is 0. The number of anilines is 1. The Morgan fingerprint density at radius 3 is 2.61 bits per heavy atom. The van der Waals surface area contributed by atoms with Crippen LogP contribution in [-0.2, 0) is 4.79 Å². The zero-order valence-electron chi connectivity index (χ0n) is 13.3. The third kappa shape index (κ3) is 4.67. The summed E-state index contributed by atoms with van der Waals surface area (Å²) in [4.78, 5) is 42.6. The molecule has 2 N–H and O–H groups in total. The smallest absolute Gasteiger partial charge is 0.317 e. The Morgan fingerprint density at radius 2 is 1.96 bits per heavy atom. The van der Waals surface area contributed by atoms with Gasteiger partial charge >= 0.3 is 6.03 Å². The van der Waals surface area contributed by atoms with Crippen molar-refractivity contribution in [2.75, 3.05) is 39.0 Å². The maximum atomic E-state index is 11.9. The number of carbonyl (C=O) groups is 3. The molecule has 124 valence electrons. The SMILES string of the molecule is CN(C)C(=O)c1ccnc(NC(=O)CNC(=O)N2CCCC2)c1. The fourth-order valence-corrected chi connectivity index (χ4v) is 2.27. The highest BCUT2D eigenvalue weighted by molar-refractivity contribution is 5.97. The molecule has 0 unspecified atom stereocenters. The molecule has 0 bridgehead atoms. The van der Waals surface area contributed by atoms with Gasteiger partial charge in [0.25, 0.3) is 5.91 Å². The van der Waals surface area contributed by atoms with Gasteiger partial charge in [-0.3, -0.25) is 9.59 Å². The topological polar surface area (TPSA) is 94.6 Å². The summed E-state index contributed by atoms with van der Waals surface area (Å²) in [6.07, 6.45) is 3.45. The van der Waals surface area contributed by atoms with E-state index in [0.717, 1.165) is 25.9 Å². The number of urea groups is 1. The van der Waals surface area contributed by atoms with Gasteiger partial charge in [0.15, 0.2) is 0 Å². The number of aromatic nitrogens is 1. The maximum absolute atomic E-state index is 11.9. The number of hydrogen-bond acceptors (Lipinski definition) is 4. The summed E-state index contributed by atoms with van der Waals surface area (Å²) in [6.45, 7) is 1.32. The third-order valence-corrected chi connectivity index (χ3v) is 3.47. The van der Waals surface area contributed by atoms with Gasteiger partial charge in [-0.25, -0.2) is 9.78 Å². The second-order valence-corrected chi connectivity index (χ2v) is 5.53. The average Bonchev–Trinajstić information content (AvgIpc) is 3.06. The molecule has 8 heteroatoms.